The molecule has 9 heteroatoms. The van der Waals surface area contributed by atoms with E-state index in [9.17, 15) is 9.59 Å². The standard InChI is InChI=1S/C40H58ClNO5Si2/c1-38(2,3)45-37(44)42(28-35(32-15-14-16-33(41)27-32)47-49(12,13)40(7,8)9)26-25-29-17-19-30(20-18-29)36(43)31-21-23-34(24-22-31)46-48(10,11)39(4,5)6/h14-24,27,35H,25-26,28H2,1-13H3. The van der Waals surface area contributed by atoms with Crippen molar-refractivity contribution >= 4 is 40.1 Å². The Balaban J connectivity index is 1.79. The van der Waals surface area contributed by atoms with Gasteiger partial charge in [0.15, 0.2) is 14.1 Å². The van der Waals surface area contributed by atoms with Gasteiger partial charge in [-0.25, -0.2) is 4.79 Å². The monoisotopic (exact) mass is 723 g/mol. The number of benzene rings is 3. The second kappa shape index (κ2) is 15.5. The summed E-state index contributed by atoms with van der Waals surface area (Å²) < 4.78 is 19.2. The van der Waals surface area contributed by atoms with Crippen LogP contribution in [0.2, 0.25) is 41.3 Å². The van der Waals surface area contributed by atoms with Gasteiger partial charge in [0, 0.05) is 22.7 Å². The predicted octanol–water partition coefficient (Wildman–Crippen LogP) is 11.5. The van der Waals surface area contributed by atoms with Crippen molar-refractivity contribution in [2.45, 2.75) is 117 Å². The van der Waals surface area contributed by atoms with E-state index in [2.05, 4.69) is 67.7 Å². The van der Waals surface area contributed by atoms with Crippen molar-refractivity contribution < 1.29 is 23.2 Å². The third-order valence-corrected chi connectivity index (χ3v) is 18.8. The molecule has 0 aliphatic rings. The van der Waals surface area contributed by atoms with E-state index in [1.807, 2.05) is 93.6 Å². The first-order chi connectivity index (χ1) is 22.4. The van der Waals surface area contributed by atoms with E-state index in [1.165, 1.54) is 0 Å². The summed E-state index contributed by atoms with van der Waals surface area (Å²) in [5, 5.41) is 0.680. The van der Waals surface area contributed by atoms with Gasteiger partial charge in [-0.15, -0.1) is 0 Å². The lowest BCUT2D eigenvalue weighted by Gasteiger charge is -2.40. The molecule has 0 saturated carbocycles. The Morgan fingerprint density at radius 1 is 0.755 bits per heavy atom. The van der Waals surface area contributed by atoms with Crippen molar-refractivity contribution in [3.05, 3.63) is 100 Å². The van der Waals surface area contributed by atoms with Gasteiger partial charge in [0.05, 0.1) is 12.6 Å². The Hall–Kier alpha value is -2.92. The number of hydrogen-bond acceptors (Lipinski definition) is 5. The van der Waals surface area contributed by atoms with Crippen LogP contribution in [0.4, 0.5) is 4.79 Å². The summed E-state index contributed by atoms with van der Waals surface area (Å²) in [5.41, 5.74) is 2.49. The molecular weight excluding hydrogens is 666 g/mol. The topological polar surface area (TPSA) is 65.1 Å². The van der Waals surface area contributed by atoms with Gasteiger partial charge < -0.3 is 18.5 Å². The molecule has 1 amide bonds. The molecule has 3 rings (SSSR count). The highest BCUT2D eigenvalue weighted by molar-refractivity contribution is 6.75. The number of carbonyl (C=O) groups excluding carboxylic acids is 2. The predicted molar refractivity (Wildman–Crippen MR) is 208 cm³/mol. The molecule has 0 aliphatic heterocycles. The molecule has 1 unspecified atom stereocenters. The molecule has 0 fully saturated rings. The molecule has 49 heavy (non-hydrogen) atoms. The average Bonchev–Trinajstić information content (AvgIpc) is 2.96. The van der Waals surface area contributed by atoms with Gasteiger partial charge in [-0.05, 0) is 111 Å². The van der Waals surface area contributed by atoms with Gasteiger partial charge in [0.2, 0.25) is 8.32 Å². The molecule has 0 aliphatic carbocycles. The minimum absolute atomic E-state index is 0.0275. The molecule has 0 radical (unpaired) electrons. The molecular formula is C40H58ClNO5Si2. The highest BCUT2D eigenvalue weighted by Gasteiger charge is 2.41. The first kappa shape index (κ1) is 40.5. The molecule has 3 aromatic rings. The normalized spacial score (nSPS) is 13.5. The number of hydrogen-bond donors (Lipinski definition) is 0. The smallest absolute Gasteiger partial charge is 0.410 e. The minimum Gasteiger partial charge on any atom is -0.544 e. The maximum absolute atomic E-state index is 13.6. The average molecular weight is 725 g/mol. The largest absolute Gasteiger partial charge is 0.544 e. The molecule has 3 aromatic carbocycles. The zero-order chi connectivity index (χ0) is 37.0. The fourth-order valence-corrected chi connectivity index (χ4v) is 7.12. The molecule has 0 N–H and O–H groups in total. The summed E-state index contributed by atoms with van der Waals surface area (Å²) in [7, 11) is -4.20. The van der Waals surface area contributed by atoms with E-state index in [0.29, 0.717) is 35.7 Å². The van der Waals surface area contributed by atoms with Crippen LogP contribution in [0.3, 0.4) is 0 Å². The Morgan fingerprint density at radius 3 is 1.78 bits per heavy atom. The van der Waals surface area contributed by atoms with Crippen molar-refractivity contribution in [2.75, 3.05) is 13.1 Å². The molecule has 1 atom stereocenters. The number of ether oxygens (including phenoxy) is 1. The second-order valence-corrected chi connectivity index (χ2v) is 26.9. The first-order valence-corrected chi connectivity index (χ1v) is 23.4. The number of nitrogens with zero attached hydrogens (tertiary/aromatic N) is 1. The lowest BCUT2D eigenvalue weighted by Crippen LogP contribution is -2.46. The van der Waals surface area contributed by atoms with Gasteiger partial charge in [0.1, 0.15) is 11.4 Å². The number of halogens is 1. The van der Waals surface area contributed by atoms with Crippen molar-refractivity contribution in [1.82, 2.24) is 4.90 Å². The zero-order valence-corrected chi connectivity index (χ0v) is 34.7. The summed E-state index contributed by atoms with van der Waals surface area (Å²) in [6.45, 7) is 28.4. The van der Waals surface area contributed by atoms with Crippen molar-refractivity contribution in [3.8, 4) is 5.75 Å². The Bertz CT molecular complexity index is 1570. The van der Waals surface area contributed by atoms with Crippen molar-refractivity contribution in [3.63, 3.8) is 0 Å². The SMILES string of the molecule is CC(C)(C)OC(=O)N(CCc1ccc(C(=O)c2ccc(O[Si](C)(C)C(C)(C)C)cc2)cc1)CC(O[Si](C)(C)C(C)(C)C)c1cccc(Cl)c1. The molecule has 0 heterocycles. The first-order valence-electron chi connectivity index (χ1n) is 17.2. The number of ketones is 1. The molecule has 6 nitrogen and oxygen atoms in total. The number of amides is 1. The van der Waals surface area contributed by atoms with Crippen LogP contribution in [-0.4, -0.2) is 52.1 Å². The summed E-state index contributed by atoms with van der Waals surface area (Å²) in [4.78, 5) is 28.7. The molecule has 0 saturated heterocycles. The van der Waals surface area contributed by atoms with E-state index >= 15 is 0 Å². The lowest BCUT2D eigenvalue weighted by atomic mass is 10.0. The Labute approximate surface area is 302 Å². The quantitative estimate of drug-likeness (QED) is 0.137. The summed E-state index contributed by atoms with van der Waals surface area (Å²) in [5.74, 6) is 0.744. The van der Waals surface area contributed by atoms with Gasteiger partial charge in [-0.1, -0.05) is 89.5 Å². The maximum atomic E-state index is 13.6. The zero-order valence-electron chi connectivity index (χ0n) is 32.0. The van der Waals surface area contributed by atoms with E-state index in [-0.39, 0.29) is 22.0 Å². The summed E-state index contributed by atoms with van der Waals surface area (Å²) in [6.07, 6.45) is -0.202. The number of carbonyl (C=O) groups is 2. The van der Waals surface area contributed by atoms with Crippen LogP contribution < -0.4 is 4.43 Å². The second-order valence-electron chi connectivity index (χ2n) is 17.0. The van der Waals surface area contributed by atoms with Gasteiger partial charge in [-0.3, -0.25) is 4.79 Å². The maximum Gasteiger partial charge on any atom is 0.410 e. The van der Waals surface area contributed by atoms with Crippen LogP contribution in [0.25, 0.3) is 0 Å². The molecule has 268 valence electrons. The van der Waals surface area contributed by atoms with Gasteiger partial charge >= 0.3 is 6.09 Å². The van der Waals surface area contributed by atoms with Crippen LogP contribution in [0, 0.1) is 0 Å². The summed E-state index contributed by atoms with van der Waals surface area (Å²) >= 11 is 6.42. The highest BCUT2D eigenvalue weighted by Crippen LogP contribution is 2.40. The van der Waals surface area contributed by atoms with E-state index < -0.39 is 28.3 Å². The fourth-order valence-electron chi connectivity index (χ4n) is 4.61. The van der Waals surface area contributed by atoms with Gasteiger partial charge in [0.25, 0.3) is 0 Å². The Kier molecular flexibility index (Phi) is 12.8. The minimum atomic E-state index is -2.23. The molecule has 0 aromatic heterocycles. The van der Waals surface area contributed by atoms with Crippen LogP contribution >= 0.6 is 11.6 Å². The van der Waals surface area contributed by atoms with Crippen LogP contribution in [-0.2, 0) is 15.6 Å². The fraction of sp³-hybridized carbons (Fsp3) is 0.500. The van der Waals surface area contributed by atoms with Crippen LogP contribution in [0.15, 0.2) is 72.8 Å². The number of rotatable bonds is 12. The third kappa shape index (κ3) is 11.6. The van der Waals surface area contributed by atoms with Crippen molar-refractivity contribution in [2.24, 2.45) is 0 Å². The highest BCUT2D eigenvalue weighted by atomic mass is 35.5. The van der Waals surface area contributed by atoms with Crippen LogP contribution in [0.1, 0.15) is 95.5 Å². The van der Waals surface area contributed by atoms with E-state index in [0.717, 1.165) is 16.9 Å². The third-order valence-electron chi connectivity index (χ3n) is 9.68. The van der Waals surface area contributed by atoms with E-state index in [4.69, 9.17) is 25.2 Å². The van der Waals surface area contributed by atoms with E-state index in [1.54, 1.807) is 4.90 Å². The Morgan fingerprint density at radius 2 is 1.29 bits per heavy atom. The van der Waals surface area contributed by atoms with Crippen LogP contribution in [0.5, 0.6) is 5.75 Å². The summed E-state index contributed by atoms with van der Waals surface area (Å²) in [6, 6.07) is 22.7. The lowest BCUT2D eigenvalue weighted by molar-refractivity contribution is 0.0158. The van der Waals surface area contributed by atoms with Gasteiger partial charge in [-0.2, -0.15) is 0 Å². The molecule has 0 spiro atoms. The van der Waals surface area contributed by atoms with Crippen molar-refractivity contribution in [1.29, 1.82) is 0 Å². The molecule has 0 bridgehead atoms.